The number of piperidine rings is 3. The molecule has 5 nitrogen and oxygen atoms in total. The van der Waals surface area contributed by atoms with Gasteiger partial charge >= 0.3 is 5.97 Å². The molecule has 0 spiro atoms. The zero-order valence-corrected chi connectivity index (χ0v) is 16.5. The molecule has 0 saturated carbocycles. The van der Waals surface area contributed by atoms with E-state index in [1.54, 1.807) is 13.3 Å². The maximum absolute atomic E-state index is 12.6. The van der Waals surface area contributed by atoms with Gasteiger partial charge in [0.05, 0.1) is 24.8 Å². The summed E-state index contributed by atoms with van der Waals surface area (Å²) in [6.45, 7) is 3.93. The Morgan fingerprint density at radius 3 is 2.60 bits per heavy atom. The fourth-order valence-electron chi connectivity index (χ4n) is 3.88. The van der Waals surface area contributed by atoms with E-state index in [0.29, 0.717) is 12.2 Å². The summed E-state index contributed by atoms with van der Waals surface area (Å²) in [7, 11) is 1.63. The van der Waals surface area contributed by atoms with E-state index in [0.717, 1.165) is 60.0 Å². The molecule has 3 aliphatic heterocycles. The number of nitrogens with zero attached hydrogens (tertiary/aromatic N) is 1. The van der Waals surface area contributed by atoms with Crippen LogP contribution in [0.15, 0.2) is 22.8 Å². The number of rotatable bonds is 4. The van der Waals surface area contributed by atoms with Crippen molar-refractivity contribution in [2.75, 3.05) is 33.4 Å². The summed E-state index contributed by atoms with van der Waals surface area (Å²) in [6, 6.07) is 3.74. The summed E-state index contributed by atoms with van der Waals surface area (Å²) in [4.78, 5) is 18.3. The average molecular weight is 430 g/mol. The quantitative estimate of drug-likeness (QED) is 0.746. The van der Waals surface area contributed by atoms with Crippen molar-refractivity contribution < 1.29 is 14.3 Å². The maximum Gasteiger partial charge on any atom is 0.340 e. The highest BCUT2D eigenvalue weighted by Gasteiger charge is 2.40. The van der Waals surface area contributed by atoms with E-state index in [1.807, 2.05) is 12.1 Å². The van der Waals surface area contributed by atoms with E-state index in [4.69, 9.17) is 9.47 Å². The second-order valence-corrected chi connectivity index (χ2v) is 7.76. The van der Waals surface area contributed by atoms with Crippen LogP contribution in [0, 0.1) is 5.41 Å². The molecular weight excluding hydrogens is 408 g/mol. The Labute approximate surface area is 161 Å². The van der Waals surface area contributed by atoms with Crippen LogP contribution in [0.3, 0.4) is 0 Å². The van der Waals surface area contributed by atoms with Crippen LogP contribution in [-0.2, 0) is 4.74 Å². The molecule has 7 heteroatoms. The standard InChI is InChI=1S/C18H21BrN2O3.ClH/c1-23-12-8-14(19)16-13(10-20-15(16)9-12)17(22)24-11-18-2-5-21(6-3-18)7-4-18;/h8-10,20H,2-7,11H2,1H3;1H. The maximum atomic E-state index is 12.6. The number of fused-ring (bicyclic) bond motifs is 4. The fraction of sp³-hybridized carbons (Fsp3) is 0.500. The van der Waals surface area contributed by atoms with Crippen LogP contribution in [0.4, 0.5) is 0 Å². The summed E-state index contributed by atoms with van der Waals surface area (Å²) in [5.41, 5.74) is 1.62. The third kappa shape index (κ3) is 3.39. The lowest BCUT2D eigenvalue weighted by Crippen LogP contribution is -2.50. The molecule has 3 fully saturated rings. The molecule has 4 heterocycles. The van der Waals surface area contributed by atoms with Gasteiger partial charge in [0, 0.05) is 27.5 Å². The molecule has 1 aromatic heterocycles. The molecule has 2 aromatic rings. The van der Waals surface area contributed by atoms with Gasteiger partial charge in [-0.25, -0.2) is 4.79 Å². The van der Waals surface area contributed by atoms with E-state index in [1.165, 1.54) is 0 Å². The monoisotopic (exact) mass is 428 g/mol. The van der Waals surface area contributed by atoms with Gasteiger partial charge in [0.15, 0.2) is 0 Å². The summed E-state index contributed by atoms with van der Waals surface area (Å²) in [5, 5.41) is 0.844. The highest BCUT2D eigenvalue weighted by atomic mass is 79.9. The smallest absolute Gasteiger partial charge is 0.340 e. The van der Waals surface area contributed by atoms with Gasteiger partial charge in [0.25, 0.3) is 0 Å². The molecule has 136 valence electrons. The molecule has 0 amide bonds. The third-order valence-corrected chi connectivity index (χ3v) is 6.17. The minimum absolute atomic E-state index is 0. The molecule has 25 heavy (non-hydrogen) atoms. The lowest BCUT2D eigenvalue weighted by atomic mass is 9.73. The van der Waals surface area contributed by atoms with Gasteiger partial charge in [-0.15, -0.1) is 12.4 Å². The van der Waals surface area contributed by atoms with E-state index in [2.05, 4.69) is 25.8 Å². The normalized spacial score (nSPS) is 24.8. The highest BCUT2D eigenvalue weighted by Crippen LogP contribution is 2.40. The van der Waals surface area contributed by atoms with Crippen molar-refractivity contribution in [1.29, 1.82) is 0 Å². The van der Waals surface area contributed by atoms with Crippen LogP contribution >= 0.6 is 28.3 Å². The number of ether oxygens (including phenoxy) is 2. The molecule has 0 radical (unpaired) electrons. The van der Waals surface area contributed by atoms with Crippen molar-refractivity contribution in [3.63, 3.8) is 0 Å². The number of carbonyl (C=O) groups is 1. The second kappa shape index (κ2) is 7.17. The number of hydrogen-bond acceptors (Lipinski definition) is 4. The van der Waals surface area contributed by atoms with Gasteiger partial charge < -0.3 is 19.4 Å². The first-order valence-electron chi connectivity index (χ1n) is 8.34. The first-order chi connectivity index (χ1) is 11.6. The number of esters is 1. The number of aromatic nitrogens is 1. The van der Waals surface area contributed by atoms with Crippen molar-refractivity contribution in [3.05, 3.63) is 28.4 Å². The van der Waals surface area contributed by atoms with Crippen molar-refractivity contribution >= 4 is 45.2 Å². The molecular formula is C18H22BrClN2O3. The third-order valence-electron chi connectivity index (χ3n) is 5.55. The van der Waals surface area contributed by atoms with Gasteiger partial charge in [-0.05, 0) is 60.9 Å². The van der Waals surface area contributed by atoms with Crippen molar-refractivity contribution in [2.45, 2.75) is 19.3 Å². The summed E-state index contributed by atoms with van der Waals surface area (Å²) in [5.74, 6) is 0.485. The summed E-state index contributed by atoms with van der Waals surface area (Å²) >= 11 is 3.53. The van der Waals surface area contributed by atoms with Crippen LogP contribution in [0.2, 0.25) is 0 Å². The van der Waals surface area contributed by atoms with Crippen molar-refractivity contribution in [2.24, 2.45) is 5.41 Å². The highest BCUT2D eigenvalue weighted by molar-refractivity contribution is 9.10. The molecule has 0 unspecified atom stereocenters. The molecule has 0 aliphatic carbocycles. The fourth-order valence-corrected chi connectivity index (χ4v) is 4.53. The Bertz CT molecular complexity index is 770. The van der Waals surface area contributed by atoms with E-state index in [9.17, 15) is 4.79 Å². The molecule has 5 rings (SSSR count). The summed E-state index contributed by atoms with van der Waals surface area (Å²) < 4.78 is 11.8. The van der Waals surface area contributed by atoms with Gasteiger partial charge in [0.2, 0.25) is 0 Å². The Kier molecular flexibility index (Phi) is 5.32. The lowest BCUT2D eigenvalue weighted by molar-refractivity contribution is -0.0304. The van der Waals surface area contributed by atoms with Crippen LogP contribution in [0.5, 0.6) is 5.75 Å². The lowest BCUT2D eigenvalue weighted by Gasteiger charge is -2.47. The Morgan fingerprint density at radius 2 is 1.96 bits per heavy atom. The minimum Gasteiger partial charge on any atom is -0.497 e. The topological polar surface area (TPSA) is 54.6 Å². The number of benzene rings is 1. The molecule has 0 atom stereocenters. The zero-order chi connectivity index (χ0) is 16.7. The number of aromatic amines is 1. The minimum atomic E-state index is -0.255. The second-order valence-electron chi connectivity index (χ2n) is 6.90. The Morgan fingerprint density at radius 1 is 1.28 bits per heavy atom. The van der Waals surface area contributed by atoms with Gasteiger partial charge in [-0.2, -0.15) is 0 Å². The number of nitrogens with one attached hydrogen (secondary N) is 1. The van der Waals surface area contributed by atoms with Crippen LogP contribution < -0.4 is 4.74 Å². The number of halogens is 2. The Balaban J connectivity index is 0.00000182. The van der Waals surface area contributed by atoms with Crippen LogP contribution in [0.1, 0.15) is 29.6 Å². The predicted octanol–water partition coefficient (Wildman–Crippen LogP) is 4.00. The van der Waals surface area contributed by atoms with Crippen LogP contribution in [-0.4, -0.2) is 49.2 Å². The molecule has 3 saturated heterocycles. The first-order valence-corrected chi connectivity index (χ1v) is 9.14. The zero-order valence-electron chi connectivity index (χ0n) is 14.1. The SMILES string of the molecule is COc1cc(Br)c2c(C(=O)OCC34CCN(CC3)CC4)c[nH]c2c1.Cl. The number of methoxy groups -OCH3 is 1. The average Bonchev–Trinajstić information content (AvgIpc) is 3.06. The number of carbonyl (C=O) groups excluding carboxylic acids is 1. The number of H-pyrrole nitrogens is 1. The number of hydrogen-bond donors (Lipinski definition) is 1. The van der Waals surface area contributed by atoms with Crippen molar-refractivity contribution in [3.8, 4) is 5.75 Å². The first kappa shape index (κ1) is 18.5. The predicted molar refractivity (Wildman–Crippen MR) is 103 cm³/mol. The summed E-state index contributed by atoms with van der Waals surface area (Å²) in [6.07, 6.45) is 5.12. The Hall–Kier alpha value is -1.24. The van der Waals surface area contributed by atoms with Gasteiger partial charge in [0.1, 0.15) is 5.75 Å². The molecule has 1 N–H and O–H groups in total. The molecule has 3 aliphatic rings. The molecule has 2 bridgehead atoms. The largest absolute Gasteiger partial charge is 0.497 e. The van der Waals surface area contributed by atoms with E-state index in [-0.39, 0.29) is 23.8 Å². The van der Waals surface area contributed by atoms with Crippen molar-refractivity contribution in [1.82, 2.24) is 9.88 Å². The molecule has 1 aromatic carbocycles. The van der Waals surface area contributed by atoms with Gasteiger partial charge in [-0.3, -0.25) is 0 Å². The van der Waals surface area contributed by atoms with Crippen LogP contribution in [0.25, 0.3) is 10.9 Å². The van der Waals surface area contributed by atoms with E-state index < -0.39 is 0 Å². The van der Waals surface area contributed by atoms with Gasteiger partial charge in [-0.1, -0.05) is 0 Å². The van der Waals surface area contributed by atoms with E-state index >= 15 is 0 Å².